The van der Waals surface area contributed by atoms with Gasteiger partial charge >= 0.3 is 0 Å². The predicted octanol–water partition coefficient (Wildman–Crippen LogP) is 4.51. The number of nitrogens with one attached hydrogen (secondary N) is 1. The van der Waals surface area contributed by atoms with Crippen molar-refractivity contribution < 1.29 is 0 Å². The number of hydrogen-bond acceptors (Lipinski definition) is 1. The maximum atomic E-state index is 3.63. The van der Waals surface area contributed by atoms with E-state index in [1.54, 1.807) is 0 Å². The average molecular weight is 261 g/mol. The second-order valence-corrected chi connectivity index (χ2v) is 6.89. The molecule has 0 aliphatic heterocycles. The van der Waals surface area contributed by atoms with Crippen LogP contribution in [0.5, 0.6) is 0 Å². The zero-order chi connectivity index (χ0) is 14.6. The summed E-state index contributed by atoms with van der Waals surface area (Å²) in [4.78, 5) is 0. The Hall–Kier alpha value is -0.820. The van der Waals surface area contributed by atoms with E-state index in [1.807, 2.05) is 0 Å². The lowest BCUT2D eigenvalue weighted by atomic mass is 9.73. The molecule has 0 radical (unpaired) electrons. The lowest BCUT2D eigenvalue weighted by Gasteiger charge is -2.36. The summed E-state index contributed by atoms with van der Waals surface area (Å²) in [7, 11) is 0. The SMILES string of the molecule is Cc1cccc(C)c1CC(C)(CNC(C)C)C(C)C. The Kier molecular flexibility index (Phi) is 5.61. The summed E-state index contributed by atoms with van der Waals surface area (Å²) in [6.45, 7) is 17.1. The summed E-state index contributed by atoms with van der Waals surface area (Å²) in [5, 5.41) is 3.63. The Morgan fingerprint density at radius 1 is 1.05 bits per heavy atom. The highest BCUT2D eigenvalue weighted by molar-refractivity contribution is 5.34. The van der Waals surface area contributed by atoms with Crippen LogP contribution in [0.1, 0.15) is 51.3 Å². The zero-order valence-corrected chi connectivity index (χ0v) is 13.8. The molecule has 1 rings (SSSR count). The maximum absolute atomic E-state index is 3.63. The summed E-state index contributed by atoms with van der Waals surface area (Å²) in [6, 6.07) is 7.18. The molecule has 0 amide bonds. The minimum atomic E-state index is 0.307. The summed E-state index contributed by atoms with van der Waals surface area (Å²) >= 11 is 0. The Labute approximate surface area is 119 Å². The van der Waals surface area contributed by atoms with E-state index in [2.05, 4.69) is 72.0 Å². The van der Waals surface area contributed by atoms with Gasteiger partial charge in [0.15, 0.2) is 0 Å². The van der Waals surface area contributed by atoms with Crippen molar-refractivity contribution in [1.82, 2.24) is 5.32 Å². The zero-order valence-electron chi connectivity index (χ0n) is 13.8. The van der Waals surface area contributed by atoms with E-state index < -0.39 is 0 Å². The molecule has 0 spiro atoms. The van der Waals surface area contributed by atoms with Crippen LogP contribution in [0.4, 0.5) is 0 Å². The molecular weight excluding hydrogens is 230 g/mol. The minimum absolute atomic E-state index is 0.307. The summed E-state index contributed by atoms with van der Waals surface area (Å²) < 4.78 is 0. The molecule has 1 nitrogen and oxygen atoms in total. The van der Waals surface area contributed by atoms with Gasteiger partial charge in [0, 0.05) is 12.6 Å². The first-order chi connectivity index (χ1) is 8.76. The third-order valence-corrected chi connectivity index (χ3v) is 4.53. The highest BCUT2D eigenvalue weighted by atomic mass is 14.9. The van der Waals surface area contributed by atoms with Crippen molar-refractivity contribution in [2.24, 2.45) is 11.3 Å². The molecule has 0 saturated heterocycles. The Balaban J connectivity index is 2.95. The summed E-state index contributed by atoms with van der Waals surface area (Å²) in [6.07, 6.45) is 1.16. The third-order valence-electron chi connectivity index (χ3n) is 4.53. The van der Waals surface area contributed by atoms with E-state index in [0.717, 1.165) is 13.0 Å². The molecule has 0 saturated carbocycles. The first kappa shape index (κ1) is 16.2. The standard InChI is InChI=1S/C18H31N/c1-13(2)18(7,12-19-14(3)4)11-17-15(5)9-8-10-16(17)6/h8-10,13-14,19H,11-12H2,1-7H3. The highest BCUT2D eigenvalue weighted by Crippen LogP contribution is 2.33. The van der Waals surface area contributed by atoms with Crippen LogP contribution in [-0.2, 0) is 6.42 Å². The number of aryl methyl sites for hydroxylation is 2. The number of benzene rings is 1. The largest absolute Gasteiger partial charge is 0.314 e. The number of hydrogen-bond donors (Lipinski definition) is 1. The van der Waals surface area contributed by atoms with Crippen LogP contribution in [0.25, 0.3) is 0 Å². The van der Waals surface area contributed by atoms with Crippen molar-refractivity contribution in [3.8, 4) is 0 Å². The van der Waals surface area contributed by atoms with Crippen LogP contribution in [0.2, 0.25) is 0 Å². The minimum Gasteiger partial charge on any atom is -0.314 e. The predicted molar refractivity (Wildman–Crippen MR) is 85.7 cm³/mol. The van der Waals surface area contributed by atoms with Crippen molar-refractivity contribution in [3.05, 3.63) is 34.9 Å². The molecule has 1 aromatic carbocycles. The molecule has 1 aromatic rings. The van der Waals surface area contributed by atoms with Gasteiger partial charge in [-0.1, -0.05) is 52.8 Å². The van der Waals surface area contributed by atoms with E-state index in [4.69, 9.17) is 0 Å². The van der Waals surface area contributed by atoms with E-state index in [9.17, 15) is 0 Å². The van der Waals surface area contributed by atoms with Crippen molar-refractivity contribution >= 4 is 0 Å². The second kappa shape index (κ2) is 6.56. The lowest BCUT2D eigenvalue weighted by Crippen LogP contribution is -2.40. The average Bonchev–Trinajstić information content (AvgIpc) is 2.31. The van der Waals surface area contributed by atoms with Gasteiger partial charge in [-0.15, -0.1) is 0 Å². The van der Waals surface area contributed by atoms with Crippen molar-refractivity contribution in [2.75, 3.05) is 6.54 Å². The van der Waals surface area contributed by atoms with Gasteiger partial charge in [-0.3, -0.25) is 0 Å². The summed E-state index contributed by atoms with van der Waals surface area (Å²) in [5.74, 6) is 0.665. The van der Waals surface area contributed by atoms with Crippen LogP contribution in [0, 0.1) is 25.2 Å². The first-order valence-electron chi connectivity index (χ1n) is 7.54. The quantitative estimate of drug-likeness (QED) is 0.794. The summed E-state index contributed by atoms with van der Waals surface area (Å²) in [5.41, 5.74) is 4.69. The molecule has 108 valence electrons. The molecular formula is C18H31N. The van der Waals surface area contributed by atoms with Crippen LogP contribution in [-0.4, -0.2) is 12.6 Å². The van der Waals surface area contributed by atoms with E-state index in [1.165, 1.54) is 16.7 Å². The molecule has 0 fully saturated rings. The fourth-order valence-electron chi connectivity index (χ4n) is 2.44. The van der Waals surface area contributed by atoms with Crippen molar-refractivity contribution in [3.63, 3.8) is 0 Å². The first-order valence-corrected chi connectivity index (χ1v) is 7.54. The van der Waals surface area contributed by atoms with Gasteiger partial charge in [0.05, 0.1) is 0 Å². The highest BCUT2D eigenvalue weighted by Gasteiger charge is 2.29. The van der Waals surface area contributed by atoms with Gasteiger partial charge in [0.2, 0.25) is 0 Å². The molecule has 0 bridgehead atoms. The van der Waals surface area contributed by atoms with Gasteiger partial charge in [-0.2, -0.15) is 0 Å². The van der Waals surface area contributed by atoms with Crippen LogP contribution >= 0.6 is 0 Å². The monoisotopic (exact) mass is 261 g/mol. The second-order valence-electron chi connectivity index (χ2n) is 6.89. The van der Waals surface area contributed by atoms with Crippen LogP contribution < -0.4 is 5.32 Å². The van der Waals surface area contributed by atoms with E-state index in [0.29, 0.717) is 17.4 Å². The van der Waals surface area contributed by atoms with E-state index >= 15 is 0 Å². The maximum Gasteiger partial charge on any atom is 0.00132 e. The Bertz CT molecular complexity index is 386. The molecule has 1 unspecified atom stereocenters. The van der Waals surface area contributed by atoms with Crippen LogP contribution in [0.15, 0.2) is 18.2 Å². The third kappa shape index (κ3) is 4.35. The van der Waals surface area contributed by atoms with Gasteiger partial charge < -0.3 is 5.32 Å². The molecule has 1 atom stereocenters. The topological polar surface area (TPSA) is 12.0 Å². The van der Waals surface area contributed by atoms with Crippen molar-refractivity contribution in [1.29, 1.82) is 0 Å². The number of rotatable bonds is 6. The smallest absolute Gasteiger partial charge is 0.00132 e. The van der Waals surface area contributed by atoms with Crippen LogP contribution in [0.3, 0.4) is 0 Å². The molecule has 0 heterocycles. The van der Waals surface area contributed by atoms with Gasteiger partial charge in [-0.25, -0.2) is 0 Å². The van der Waals surface area contributed by atoms with Gasteiger partial charge in [-0.05, 0) is 48.3 Å². The Morgan fingerprint density at radius 2 is 1.58 bits per heavy atom. The van der Waals surface area contributed by atoms with Gasteiger partial charge in [0.1, 0.15) is 0 Å². The molecule has 19 heavy (non-hydrogen) atoms. The molecule has 0 aromatic heterocycles. The lowest BCUT2D eigenvalue weighted by molar-refractivity contribution is 0.201. The Morgan fingerprint density at radius 3 is 2.00 bits per heavy atom. The fraction of sp³-hybridized carbons (Fsp3) is 0.667. The molecule has 0 aliphatic carbocycles. The molecule has 0 aliphatic rings. The fourth-order valence-corrected chi connectivity index (χ4v) is 2.44. The molecule has 1 heteroatoms. The normalized spacial score (nSPS) is 15.0. The molecule has 1 N–H and O–H groups in total. The van der Waals surface area contributed by atoms with Crippen molar-refractivity contribution in [2.45, 2.75) is 60.9 Å². The van der Waals surface area contributed by atoms with E-state index in [-0.39, 0.29) is 0 Å². The van der Waals surface area contributed by atoms with Gasteiger partial charge in [0.25, 0.3) is 0 Å².